The van der Waals surface area contributed by atoms with Crippen molar-refractivity contribution >= 4 is 17.6 Å². The summed E-state index contributed by atoms with van der Waals surface area (Å²) in [6.45, 7) is 0. The van der Waals surface area contributed by atoms with E-state index < -0.39 is 22.7 Å². The lowest BCUT2D eigenvalue weighted by Gasteiger charge is -2.32. The summed E-state index contributed by atoms with van der Waals surface area (Å²) in [5, 5.41) is 22.7. The molecular formula is C19H18N2O7. The van der Waals surface area contributed by atoms with Crippen LogP contribution in [0.4, 0.5) is 5.69 Å². The second-order valence-electron chi connectivity index (χ2n) is 6.39. The van der Waals surface area contributed by atoms with Crippen LogP contribution in [0.25, 0.3) is 0 Å². The molecule has 0 aliphatic heterocycles. The quantitative estimate of drug-likeness (QED) is 0.553. The summed E-state index contributed by atoms with van der Waals surface area (Å²) in [5.74, 6) is -0.719. The molecule has 2 N–H and O–H groups in total. The predicted molar refractivity (Wildman–Crippen MR) is 97.8 cm³/mol. The number of rotatable bonds is 7. The van der Waals surface area contributed by atoms with E-state index in [-0.39, 0.29) is 23.0 Å². The van der Waals surface area contributed by atoms with Crippen LogP contribution in [0.1, 0.15) is 23.2 Å². The Morgan fingerprint density at radius 2 is 1.79 bits per heavy atom. The SMILES string of the molecule is COc1ccc(Oc2ccc([N+](=O)[O-])cc2C(=O)NC2CC(C(=O)O)C2)cc1. The summed E-state index contributed by atoms with van der Waals surface area (Å²) in [6.07, 6.45) is 0.648. The lowest BCUT2D eigenvalue weighted by atomic mass is 9.80. The van der Waals surface area contributed by atoms with Gasteiger partial charge in [0.2, 0.25) is 0 Å². The maximum atomic E-state index is 12.6. The van der Waals surface area contributed by atoms with E-state index in [1.165, 1.54) is 19.2 Å². The van der Waals surface area contributed by atoms with Gasteiger partial charge in [-0.15, -0.1) is 0 Å². The molecule has 0 unspecified atom stereocenters. The molecule has 1 amide bonds. The Bertz CT molecular complexity index is 905. The van der Waals surface area contributed by atoms with Crippen molar-refractivity contribution in [2.75, 3.05) is 7.11 Å². The third kappa shape index (κ3) is 4.20. The van der Waals surface area contributed by atoms with Gasteiger partial charge in [-0.2, -0.15) is 0 Å². The van der Waals surface area contributed by atoms with Crippen LogP contribution in [0.5, 0.6) is 17.2 Å². The van der Waals surface area contributed by atoms with Gasteiger partial charge >= 0.3 is 5.97 Å². The minimum atomic E-state index is -0.899. The normalized spacial score (nSPS) is 17.9. The summed E-state index contributed by atoms with van der Waals surface area (Å²) in [6, 6.07) is 10.1. The van der Waals surface area contributed by atoms with Crippen molar-refractivity contribution in [3.8, 4) is 17.2 Å². The van der Waals surface area contributed by atoms with Gasteiger partial charge in [0.1, 0.15) is 17.2 Å². The molecule has 9 heteroatoms. The number of hydrogen-bond acceptors (Lipinski definition) is 6. The van der Waals surface area contributed by atoms with Crippen LogP contribution in [-0.2, 0) is 4.79 Å². The van der Waals surface area contributed by atoms with Crippen LogP contribution < -0.4 is 14.8 Å². The lowest BCUT2D eigenvalue weighted by Crippen LogP contribution is -2.46. The average Bonchev–Trinajstić information content (AvgIpc) is 2.64. The second kappa shape index (κ2) is 7.95. The van der Waals surface area contributed by atoms with Crippen LogP contribution in [-0.4, -0.2) is 35.1 Å². The number of nitro benzene ring substituents is 1. The Labute approximate surface area is 160 Å². The van der Waals surface area contributed by atoms with Crippen molar-refractivity contribution in [2.45, 2.75) is 18.9 Å². The number of carboxylic acid groups (broad SMARTS) is 1. The predicted octanol–water partition coefficient (Wildman–Crippen LogP) is 2.99. The van der Waals surface area contributed by atoms with Gasteiger partial charge in [0.05, 0.1) is 23.5 Å². The first-order chi connectivity index (χ1) is 13.4. The summed E-state index contributed by atoms with van der Waals surface area (Å²) in [7, 11) is 1.53. The molecule has 9 nitrogen and oxygen atoms in total. The number of nitrogens with one attached hydrogen (secondary N) is 1. The zero-order valence-corrected chi connectivity index (χ0v) is 15.0. The summed E-state index contributed by atoms with van der Waals surface area (Å²) < 4.78 is 10.8. The van der Waals surface area contributed by atoms with E-state index in [1.54, 1.807) is 24.3 Å². The van der Waals surface area contributed by atoms with E-state index in [0.29, 0.717) is 24.3 Å². The van der Waals surface area contributed by atoms with Gasteiger partial charge in [0.25, 0.3) is 11.6 Å². The smallest absolute Gasteiger partial charge is 0.306 e. The van der Waals surface area contributed by atoms with E-state index in [4.69, 9.17) is 14.6 Å². The highest BCUT2D eigenvalue weighted by Gasteiger charge is 2.36. The molecular weight excluding hydrogens is 368 g/mol. The van der Waals surface area contributed by atoms with E-state index in [1.807, 2.05) is 0 Å². The first-order valence-electron chi connectivity index (χ1n) is 8.51. The van der Waals surface area contributed by atoms with E-state index in [0.717, 1.165) is 6.07 Å². The number of hydrogen-bond donors (Lipinski definition) is 2. The maximum Gasteiger partial charge on any atom is 0.306 e. The second-order valence-corrected chi connectivity index (χ2v) is 6.39. The van der Waals surface area contributed by atoms with Crippen molar-refractivity contribution in [1.82, 2.24) is 5.32 Å². The molecule has 0 radical (unpaired) electrons. The van der Waals surface area contributed by atoms with Gasteiger partial charge < -0.3 is 19.9 Å². The molecule has 2 aromatic rings. The lowest BCUT2D eigenvalue weighted by molar-refractivity contribution is -0.384. The van der Waals surface area contributed by atoms with Crippen LogP contribution in [0, 0.1) is 16.0 Å². The number of benzene rings is 2. The fraction of sp³-hybridized carbons (Fsp3) is 0.263. The van der Waals surface area contributed by atoms with Gasteiger partial charge in [-0.1, -0.05) is 0 Å². The number of nitro groups is 1. The zero-order chi connectivity index (χ0) is 20.3. The molecule has 1 aliphatic carbocycles. The fourth-order valence-electron chi connectivity index (χ4n) is 2.87. The van der Waals surface area contributed by atoms with Crippen molar-refractivity contribution < 1.29 is 29.1 Å². The minimum absolute atomic E-state index is 0.00351. The van der Waals surface area contributed by atoms with Gasteiger partial charge in [0, 0.05) is 18.2 Å². The number of carboxylic acids is 1. The number of ether oxygens (including phenoxy) is 2. The van der Waals surface area contributed by atoms with Gasteiger partial charge in [-0.3, -0.25) is 19.7 Å². The number of methoxy groups -OCH3 is 1. The van der Waals surface area contributed by atoms with Crippen molar-refractivity contribution in [1.29, 1.82) is 0 Å². The molecule has 0 atom stereocenters. The van der Waals surface area contributed by atoms with E-state index >= 15 is 0 Å². The highest BCUT2D eigenvalue weighted by molar-refractivity contribution is 5.98. The third-order valence-corrected chi connectivity index (χ3v) is 4.53. The molecule has 0 heterocycles. The average molecular weight is 386 g/mol. The highest BCUT2D eigenvalue weighted by Crippen LogP contribution is 2.32. The Morgan fingerprint density at radius 1 is 1.14 bits per heavy atom. The summed E-state index contributed by atoms with van der Waals surface area (Å²) in [5.41, 5.74) is -0.243. The highest BCUT2D eigenvalue weighted by atomic mass is 16.6. The molecule has 1 saturated carbocycles. The molecule has 28 heavy (non-hydrogen) atoms. The van der Waals surface area contributed by atoms with Crippen LogP contribution >= 0.6 is 0 Å². The third-order valence-electron chi connectivity index (χ3n) is 4.53. The van der Waals surface area contributed by atoms with Gasteiger partial charge in [-0.05, 0) is 43.2 Å². The first kappa shape index (κ1) is 19.2. The number of non-ortho nitro benzene ring substituents is 1. The van der Waals surface area contributed by atoms with Crippen LogP contribution in [0.15, 0.2) is 42.5 Å². The van der Waals surface area contributed by atoms with Crippen LogP contribution in [0.3, 0.4) is 0 Å². The molecule has 1 fully saturated rings. The number of amides is 1. The standard InChI is InChI=1S/C19H18N2O7/c1-27-14-3-5-15(6-4-14)28-17-7-2-13(21(25)26)10-16(17)18(22)20-12-8-11(9-12)19(23)24/h2-7,10-12H,8-9H2,1H3,(H,20,22)(H,23,24). The monoisotopic (exact) mass is 386 g/mol. The van der Waals surface area contributed by atoms with Gasteiger partial charge in [-0.25, -0.2) is 0 Å². The Hall–Kier alpha value is -3.62. The minimum Gasteiger partial charge on any atom is -0.497 e. The maximum absolute atomic E-state index is 12.6. The number of carbonyl (C=O) groups excluding carboxylic acids is 1. The molecule has 0 saturated heterocycles. The van der Waals surface area contributed by atoms with Crippen molar-refractivity contribution in [2.24, 2.45) is 5.92 Å². The number of carbonyl (C=O) groups is 2. The Kier molecular flexibility index (Phi) is 5.44. The Balaban J connectivity index is 1.80. The molecule has 0 bridgehead atoms. The molecule has 3 rings (SSSR count). The molecule has 2 aromatic carbocycles. The van der Waals surface area contributed by atoms with E-state index in [9.17, 15) is 19.7 Å². The first-order valence-corrected chi connectivity index (χ1v) is 8.51. The topological polar surface area (TPSA) is 128 Å². The van der Waals surface area contributed by atoms with Crippen molar-refractivity contribution in [3.05, 3.63) is 58.1 Å². The fourth-order valence-corrected chi connectivity index (χ4v) is 2.87. The molecule has 146 valence electrons. The van der Waals surface area contributed by atoms with Gasteiger partial charge in [0.15, 0.2) is 0 Å². The van der Waals surface area contributed by atoms with Crippen molar-refractivity contribution in [3.63, 3.8) is 0 Å². The molecule has 0 spiro atoms. The molecule has 1 aliphatic rings. The largest absolute Gasteiger partial charge is 0.497 e. The zero-order valence-electron chi connectivity index (χ0n) is 15.0. The summed E-state index contributed by atoms with van der Waals surface area (Å²) in [4.78, 5) is 34.0. The Morgan fingerprint density at radius 3 is 2.36 bits per heavy atom. The molecule has 0 aromatic heterocycles. The van der Waals surface area contributed by atoms with Crippen LogP contribution in [0.2, 0.25) is 0 Å². The van der Waals surface area contributed by atoms with E-state index in [2.05, 4.69) is 5.32 Å². The number of nitrogens with zero attached hydrogens (tertiary/aromatic N) is 1. The summed E-state index contributed by atoms with van der Waals surface area (Å²) >= 11 is 0. The number of aliphatic carboxylic acids is 1.